The van der Waals surface area contributed by atoms with E-state index in [1.807, 2.05) is 0 Å². The molecule has 6 nitrogen and oxygen atoms in total. The third-order valence-corrected chi connectivity index (χ3v) is 11.6. The molecule has 2 N–H and O–H groups in total. The highest BCUT2D eigenvalue weighted by Gasteiger charge is 2.29. The van der Waals surface area contributed by atoms with Gasteiger partial charge < -0.3 is 19.7 Å². The minimum Gasteiger partial charge on any atom is -0.504 e. The Bertz CT molecular complexity index is 2160. The Hall–Kier alpha value is -4.08. The number of nitrogens with zero attached hydrogens (tertiary/aromatic N) is 2. The van der Waals surface area contributed by atoms with Crippen molar-refractivity contribution in [2.45, 2.75) is 37.8 Å². The molecule has 0 saturated heterocycles. The largest absolute Gasteiger partial charge is 0.504 e. The maximum Gasteiger partial charge on any atom is 0.161 e. The van der Waals surface area contributed by atoms with Crippen LogP contribution in [-0.2, 0) is 25.7 Å². The molecule has 0 spiro atoms. The second-order valence-electron chi connectivity index (χ2n) is 13.0. The standard InChI is InChI=1S/C22H22BrNO2.C20H18BrNO2/c1-25-21-13-18-9-10-24(23)20(19(18)14-22(21)26-2)12-15-7-8-16-5-3-4-6-17(16)11-15;21-22-8-7-16-11-19(23)20(24)12-17(16)18(22)10-13-5-6-14-3-1-2-4-15(14)9-13/h3-8,11,13-14,20H,9-10,12H2,1-2H3;1-6,9,11-12,18,23-24H,7-8,10H2/t20-;18-/m11/s1. The lowest BCUT2D eigenvalue weighted by atomic mass is 9.89. The Labute approximate surface area is 310 Å². The zero-order valence-electron chi connectivity index (χ0n) is 28.2. The minimum absolute atomic E-state index is 0.0405. The fraction of sp³-hybridized carbons (Fsp3) is 0.238. The fourth-order valence-electron chi connectivity index (χ4n) is 7.29. The van der Waals surface area contributed by atoms with Crippen LogP contribution < -0.4 is 9.47 Å². The number of phenolic OH excluding ortho intramolecular Hbond substituents is 2. The number of aromatic hydroxyl groups is 2. The summed E-state index contributed by atoms with van der Waals surface area (Å²) in [6.07, 6.45) is 3.63. The molecule has 8 heteroatoms. The van der Waals surface area contributed by atoms with Crippen LogP contribution in [0.15, 0.2) is 109 Å². The van der Waals surface area contributed by atoms with E-state index >= 15 is 0 Å². The quantitative estimate of drug-likeness (QED) is 0.129. The van der Waals surface area contributed by atoms with E-state index in [-0.39, 0.29) is 23.6 Å². The summed E-state index contributed by atoms with van der Waals surface area (Å²) >= 11 is 7.44. The van der Waals surface area contributed by atoms with Gasteiger partial charge >= 0.3 is 0 Å². The third-order valence-electron chi connectivity index (χ3n) is 9.95. The zero-order valence-corrected chi connectivity index (χ0v) is 31.3. The lowest BCUT2D eigenvalue weighted by molar-refractivity contribution is 0.334. The van der Waals surface area contributed by atoms with Crippen LogP contribution >= 0.6 is 32.3 Å². The summed E-state index contributed by atoms with van der Waals surface area (Å²) in [5.74, 6) is 1.50. The van der Waals surface area contributed by atoms with Gasteiger partial charge in [-0.2, -0.15) is 0 Å². The molecule has 2 aliphatic rings. The number of ether oxygens (including phenoxy) is 2. The van der Waals surface area contributed by atoms with Gasteiger partial charge in [0.1, 0.15) is 0 Å². The third kappa shape index (κ3) is 7.21. The van der Waals surface area contributed by atoms with Crippen LogP contribution in [0.1, 0.15) is 45.5 Å². The van der Waals surface area contributed by atoms with Crippen molar-refractivity contribution in [3.05, 3.63) is 143 Å². The predicted molar refractivity (Wildman–Crippen MR) is 209 cm³/mol. The number of hydrogen-bond acceptors (Lipinski definition) is 6. The molecule has 0 fully saturated rings. The van der Waals surface area contributed by atoms with Crippen molar-refractivity contribution in [1.29, 1.82) is 0 Å². The first-order chi connectivity index (χ1) is 24.3. The van der Waals surface area contributed by atoms with Gasteiger partial charge in [-0.3, -0.25) is 0 Å². The van der Waals surface area contributed by atoms with Crippen molar-refractivity contribution in [3.8, 4) is 23.0 Å². The van der Waals surface area contributed by atoms with Gasteiger partial charge in [-0.25, -0.2) is 7.85 Å². The Morgan fingerprint density at radius 3 is 1.52 bits per heavy atom. The molecule has 256 valence electrons. The van der Waals surface area contributed by atoms with Gasteiger partial charge in [0.05, 0.1) is 14.2 Å². The lowest BCUT2D eigenvalue weighted by Gasteiger charge is -2.33. The summed E-state index contributed by atoms with van der Waals surface area (Å²) in [6, 6.07) is 38.2. The second-order valence-corrected chi connectivity index (χ2v) is 14.8. The number of fused-ring (bicyclic) bond motifs is 4. The van der Waals surface area contributed by atoms with Crippen molar-refractivity contribution < 1.29 is 19.7 Å². The van der Waals surface area contributed by atoms with E-state index in [1.165, 1.54) is 43.8 Å². The first-order valence-electron chi connectivity index (χ1n) is 16.9. The van der Waals surface area contributed by atoms with Crippen molar-refractivity contribution >= 4 is 53.8 Å². The Balaban J connectivity index is 0.000000157. The average molecular weight is 797 g/mol. The number of halogens is 2. The number of phenols is 2. The van der Waals surface area contributed by atoms with Gasteiger partial charge in [-0.15, -0.1) is 0 Å². The first-order valence-corrected chi connectivity index (χ1v) is 18.3. The smallest absolute Gasteiger partial charge is 0.161 e. The normalized spacial score (nSPS) is 17.4. The van der Waals surface area contributed by atoms with E-state index in [2.05, 4.69) is 137 Å². The highest BCUT2D eigenvalue weighted by atomic mass is 79.9. The highest BCUT2D eigenvalue weighted by molar-refractivity contribution is 9.07. The van der Waals surface area contributed by atoms with Crippen LogP contribution in [0.5, 0.6) is 23.0 Å². The Morgan fingerprint density at radius 2 is 1.00 bits per heavy atom. The summed E-state index contributed by atoms with van der Waals surface area (Å²) in [5.41, 5.74) is 7.40. The molecular formula is C42H40Br2N2O4. The van der Waals surface area contributed by atoms with E-state index in [9.17, 15) is 10.2 Å². The molecule has 2 heterocycles. The average Bonchev–Trinajstić information content (AvgIpc) is 3.14. The maximum absolute atomic E-state index is 9.90. The van der Waals surface area contributed by atoms with Gasteiger partial charge in [0, 0.05) is 57.5 Å². The molecule has 0 radical (unpaired) electrons. The lowest BCUT2D eigenvalue weighted by Crippen LogP contribution is -2.29. The van der Waals surface area contributed by atoms with Gasteiger partial charge in [0.25, 0.3) is 0 Å². The van der Waals surface area contributed by atoms with Crippen LogP contribution in [0, 0.1) is 0 Å². The molecule has 50 heavy (non-hydrogen) atoms. The Kier molecular flexibility index (Phi) is 10.3. The number of rotatable bonds is 6. The molecule has 0 aromatic heterocycles. The molecule has 0 amide bonds. The minimum atomic E-state index is -0.0555. The molecule has 6 aromatic rings. The molecule has 0 unspecified atom stereocenters. The summed E-state index contributed by atoms with van der Waals surface area (Å²) < 4.78 is 15.4. The van der Waals surface area contributed by atoms with Crippen molar-refractivity contribution in [1.82, 2.24) is 7.85 Å². The monoisotopic (exact) mass is 794 g/mol. The van der Waals surface area contributed by atoms with Gasteiger partial charge in [0.2, 0.25) is 0 Å². The highest BCUT2D eigenvalue weighted by Crippen LogP contribution is 2.42. The molecule has 0 aliphatic carbocycles. The molecule has 2 atom stereocenters. The van der Waals surface area contributed by atoms with E-state index in [1.54, 1.807) is 26.4 Å². The number of hydrogen-bond donors (Lipinski definition) is 2. The van der Waals surface area contributed by atoms with Crippen molar-refractivity contribution in [3.63, 3.8) is 0 Å². The second kappa shape index (κ2) is 15.0. The zero-order chi connectivity index (χ0) is 34.8. The van der Waals surface area contributed by atoms with Gasteiger partial charge in [-0.05, 0) is 105 Å². The summed E-state index contributed by atoms with van der Waals surface area (Å²) in [6.45, 7) is 1.84. The van der Waals surface area contributed by atoms with Crippen LogP contribution in [-0.4, -0.2) is 45.4 Å². The SMILES string of the molecule is COc1cc2c(cc1OC)[C@@H](Cc1ccc3ccccc3c1)N(Br)CC2.Oc1cc2c(cc1O)[C@@H](Cc1ccc3ccccc3c1)N(Br)CC2. The number of methoxy groups -OCH3 is 2. The van der Waals surface area contributed by atoms with E-state index < -0.39 is 0 Å². The molecular weight excluding hydrogens is 756 g/mol. The summed E-state index contributed by atoms with van der Waals surface area (Å²) in [7, 11) is 3.38. The van der Waals surface area contributed by atoms with Crippen LogP contribution in [0.25, 0.3) is 21.5 Å². The van der Waals surface area contributed by atoms with Crippen molar-refractivity contribution in [2.24, 2.45) is 0 Å². The van der Waals surface area contributed by atoms with Gasteiger partial charge in [0.15, 0.2) is 23.0 Å². The topological polar surface area (TPSA) is 65.4 Å². The summed E-state index contributed by atoms with van der Waals surface area (Å²) in [5, 5.41) is 24.7. The van der Waals surface area contributed by atoms with Crippen LogP contribution in [0.2, 0.25) is 0 Å². The number of benzene rings is 6. The molecule has 0 saturated carbocycles. The van der Waals surface area contributed by atoms with Crippen LogP contribution in [0.3, 0.4) is 0 Å². The van der Waals surface area contributed by atoms with E-state index in [0.717, 1.165) is 61.4 Å². The summed E-state index contributed by atoms with van der Waals surface area (Å²) in [4.78, 5) is 0. The van der Waals surface area contributed by atoms with Crippen molar-refractivity contribution in [2.75, 3.05) is 27.3 Å². The predicted octanol–water partition coefficient (Wildman–Crippen LogP) is 10.0. The Morgan fingerprint density at radius 1 is 0.560 bits per heavy atom. The molecule has 8 rings (SSSR count). The molecule has 6 aromatic carbocycles. The maximum atomic E-state index is 9.90. The van der Waals surface area contributed by atoms with Gasteiger partial charge in [-0.1, -0.05) is 84.9 Å². The van der Waals surface area contributed by atoms with E-state index in [0.29, 0.717) is 0 Å². The van der Waals surface area contributed by atoms with E-state index in [4.69, 9.17) is 9.47 Å². The van der Waals surface area contributed by atoms with Crippen LogP contribution in [0.4, 0.5) is 0 Å². The molecule has 2 aliphatic heterocycles. The first kappa shape index (κ1) is 34.4. The molecule has 0 bridgehead atoms. The fourth-order valence-corrected chi connectivity index (χ4v) is 8.38.